The number of ether oxygens (including phenoxy) is 2. The van der Waals surface area contributed by atoms with Crippen LogP contribution in [-0.4, -0.2) is 63.2 Å². The van der Waals surface area contributed by atoms with Crippen LogP contribution in [0.5, 0.6) is 11.5 Å². The third-order valence-electron chi connectivity index (χ3n) is 6.79. The van der Waals surface area contributed by atoms with Crippen molar-refractivity contribution in [1.29, 1.82) is 0 Å². The fraction of sp³-hybridized carbons (Fsp3) is 0.517. The van der Waals surface area contributed by atoms with Crippen molar-refractivity contribution in [3.63, 3.8) is 0 Å². The van der Waals surface area contributed by atoms with Gasteiger partial charge in [0, 0.05) is 31.6 Å². The number of carbonyl (C=O) groups excluding carboxylic acids is 2. The molecule has 2 atom stereocenters. The Morgan fingerprint density at radius 1 is 1.03 bits per heavy atom. The van der Waals surface area contributed by atoms with Crippen LogP contribution < -0.4 is 19.1 Å². The Hall–Kier alpha value is -3.27. The largest absolute Gasteiger partial charge is 0.486 e. The second-order valence-corrected chi connectivity index (χ2v) is 11.9. The molecule has 0 unspecified atom stereocenters. The quantitative estimate of drug-likeness (QED) is 0.397. The summed E-state index contributed by atoms with van der Waals surface area (Å²) in [5.41, 5.74) is 2.46. The van der Waals surface area contributed by atoms with E-state index >= 15 is 0 Å². The van der Waals surface area contributed by atoms with Crippen molar-refractivity contribution in [2.24, 2.45) is 0 Å². The Kier molecular flexibility index (Phi) is 10.6. The predicted octanol–water partition coefficient (Wildman–Crippen LogP) is 4.03. The van der Waals surface area contributed by atoms with Crippen LogP contribution in [0.4, 0.5) is 5.69 Å². The molecule has 39 heavy (non-hydrogen) atoms. The van der Waals surface area contributed by atoms with Crippen LogP contribution in [0.15, 0.2) is 42.5 Å². The van der Waals surface area contributed by atoms with Crippen LogP contribution >= 0.6 is 0 Å². The highest BCUT2D eigenvalue weighted by atomic mass is 32.2. The molecule has 2 amide bonds. The maximum Gasteiger partial charge on any atom is 0.243 e. The molecular formula is C29H41N3O6S. The molecule has 0 radical (unpaired) electrons. The van der Waals surface area contributed by atoms with E-state index in [1.807, 2.05) is 52.0 Å². The highest BCUT2D eigenvalue weighted by molar-refractivity contribution is 7.92. The zero-order chi connectivity index (χ0) is 28.6. The number of benzene rings is 2. The molecule has 2 aromatic carbocycles. The second kappa shape index (κ2) is 13.7. The van der Waals surface area contributed by atoms with E-state index in [9.17, 15) is 18.0 Å². The maximum absolute atomic E-state index is 13.6. The van der Waals surface area contributed by atoms with Crippen LogP contribution in [0.3, 0.4) is 0 Å². The summed E-state index contributed by atoms with van der Waals surface area (Å²) < 4.78 is 37.8. The lowest BCUT2D eigenvalue weighted by atomic mass is 10.1. The van der Waals surface area contributed by atoms with Crippen molar-refractivity contribution in [2.75, 3.05) is 30.3 Å². The number of hydrogen-bond donors (Lipinski definition) is 1. The summed E-state index contributed by atoms with van der Waals surface area (Å²) in [6.45, 7) is 9.06. The van der Waals surface area contributed by atoms with Gasteiger partial charge in [0.1, 0.15) is 19.3 Å². The number of sulfonamides is 1. The molecule has 1 aliphatic rings. The van der Waals surface area contributed by atoms with Gasteiger partial charge in [0.2, 0.25) is 21.8 Å². The molecule has 0 aliphatic carbocycles. The van der Waals surface area contributed by atoms with Gasteiger partial charge in [0.15, 0.2) is 11.5 Å². The van der Waals surface area contributed by atoms with E-state index in [4.69, 9.17) is 9.47 Å². The molecule has 0 aromatic heterocycles. The normalized spacial score (nSPS) is 14.3. The van der Waals surface area contributed by atoms with E-state index in [1.165, 1.54) is 4.31 Å². The van der Waals surface area contributed by atoms with Crippen molar-refractivity contribution in [3.8, 4) is 11.5 Å². The molecule has 10 heteroatoms. The van der Waals surface area contributed by atoms with E-state index in [0.717, 1.165) is 23.8 Å². The highest BCUT2D eigenvalue weighted by Gasteiger charge is 2.29. The van der Waals surface area contributed by atoms with Gasteiger partial charge in [-0.1, -0.05) is 43.7 Å². The Bertz CT molecular complexity index is 1250. The molecule has 9 nitrogen and oxygen atoms in total. The number of nitrogens with zero attached hydrogens (tertiary/aromatic N) is 2. The number of aryl methyl sites for hydroxylation is 1. The monoisotopic (exact) mass is 559 g/mol. The first-order valence-corrected chi connectivity index (χ1v) is 15.4. The molecule has 3 rings (SSSR count). The third kappa shape index (κ3) is 8.36. The number of nitrogens with one attached hydrogen (secondary N) is 1. The van der Waals surface area contributed by atoms with Crippen LogP contribution in [0, 0.1) is 6.92 Å². The first-order chi connectivity index (χ1) is 18.5. The zero-order valence-electron chi connectivity index (χ0n) is 23.6. The van der Waals surface area contributed by atoms with Gasteiger partial charge < -0.3 is 19.7 Å². The van der Waals surface area contributed by atoms with Crippen molar-refractivity contribution < 1.29 is 27.5 Å². The van der Waals surface area contributed by atoms with Gasteiger partial charge in [-0.25, -0.2) is 8.42 Å². The molecule has 1 N–H and O–H groups in total. The minimum atomic E-state index is -3.62. The van der Waals surface area contributed by atoms with Crippen molar-refractivity contribution in [3.05, 3.63) is 53.6 Å². The van der Waals surface area contributed by atoms with E-state index < -0.39 is 16.1 Å². The van der Waals surface area contributed by atoms with Crippen molar-refractivity contribution >= 4 is 27.5 Å². The molecule has 214 valence electrons. The fourth-order valence-corrected chi connectivity index (χ4v) is 5.52. The summed E-state index contributed by atoms with van der Waals surface area (Å²) in [6.07, 6.45) is 2.77. The number of rotatable bonds is 13. The van der Waals surface area contributed by atoms with Gasteiger partial charge in [0.05, 0.1) is 11.9 Å². The lowest BCUT2D eigenvalue weighted by molar-refractivity contribution is -0.141. The number of anilines is 1. The van der Waals surface area contributed by atoms with Crippen LogP contribution in [0.2, 0.25) is 0 Å². The molecule has 0 spiro atoms. The number of fused-ring (bicyclic) bond motifs is 1. The first-order valence-electron chi connectivity index (χ1n) is 13.6. The Labute approximate surface area is 232 Å². The van der Waals surface area contributed by atoms with Crippen LogP contribution in [-0.2, 0) is 26.2 Å². The Morgan fingerprint density at radius 2 is 1.74 bits per heavy atom. The van der Waals surface area contributed by atoms with E-state index in [1.54, 1.807) is 23.1 Å². The van der Waals surface area contributed by atoms with Gasteiger partial charge in [-0.05, 0) is 50.8 Å². The molecule has 2 aromatic rings. The summed E-state index contributed by atoms with van der Waals surface area (Å²) >= 11 is 0. The van der Waals surface area contributed by atoms with Crippen molar-refractivity contribution in [1.82, 2.24) is 10.2 Å². The summed E-state index contributed by atoms with van der Waals surface area (Å²) in [6, 6.07) is 12.3. The summed E-state index contributed by atoms with van der Waals surface area (Å²) in [7, 11) is -3.62. The van der Waals surface area contributed by atoms with Gasteiger partial charge in [-0.2, -0.15) is 0 Å². The van der Waals surface area contributed by atoms with Gasteiger partial charge in [-0.15, -0.1) is 0 Å². The van der Waals surface area contributed by atoms with E-state index in [2.05, 4.69) is 5.32 Å². The number of amides is 2. The topological polar surface area (TPSA) is 105 Å². The number of carbonyl (C=O) groups is 2. The molecule has 1 aliphatic heterocycles. The SMILES string of the molecule is CC[C@@H](C)NC(=O)[C@@H](CC)N(Cc1cccc(C)c1)C(=O)CCCN(c1ccc2c(c1)OCCO2)S(C)(=O)=O. The second-order valence-electron chi connectivity index (χ2n) is 10.0. The average Bonchev–Trinajstić information content (AvgIpc) is 2.89. The molecule has 0 fully saturated rings. The predicted molar refractivity (Wildman–Crippen MR) is 153 cm³/mol. The van der Waals surface area contributed by atoms with Gasteiger partial charge >= 0.3 is 0 Å². The fourth-order valence-electron chi connectivity index (χ4n) is 4.56. The van der Waals surface area contributed by atoms with E-state index in [-0.39, 0.29) is 37.2 Å². The summed E-state index contributed by atoms with van der Waals surface area (Å²) in [5.74, 6) is 0.688. The summed E-state index contributed by atoms with van der Waals surface area (Å²) in [4.78, 5) is 28.4. The zero-order valence-corrected chi connectivity index (χ0v) is 24.4. The lowest BCUT2D eigenvalue weighted by Gasteiger charge is -2.32. The summed E-state index contributed by atoms with van der Waals surface area (Å²) in [5, 5.41) is 3.01. The highest BCUT2D eigenvalue weighted by Crippen LogP contribution is 2.34. The van der Waals surface area contributed by atoms with Crippen LogP contribution in [0.1, 0.15) is 57.6 Å². The van der Waals surface area contributed by atoms with E-state index in [0.29, 0.717) is 43.4 Å². The van der Waals surface area contributed by atoms with Crippen LogP contribution in [0.25, 0.3) is 0 Å². The Balaban J connectivity index is 1.77. The molecule has 1 heterocycles. The van der Waals surface area contributed by atoms with Gasteiger partial charge in [-0.3, -0.25) is 13.9 Å². The molecule has 0 saturated heterocycles. The first kappa shape index (κ1) is 30.3. The lowest BCUT2D eigenvalue weighted by Crippen LogP contribution is -2.50. The Morgan fingerprint density at radius 3 is 2.38 bits per heavy atom. The smallest absolute Gasteiger partial charge is 0.243 e. The molecular weight excluding hydrogens is 518 g/mol. The number of hydrogen-bond acceptors (Lipinski definition) is 6. The minimum absolute atomic E-state index is 0.00297. The van der Waals surface area contributed by atoms with Crippen molar-refractivity contribution in [2.45, 2.75) is 72.0 Å². The minimum Gasteiger partial charge on any atom is -0.486 e. The third-order valence-corrected chi connectivity index (χ3v) is 7.98. The molecule has 0 bridgehead atoms. The average molecular weight is 560 g/mol. The maximum atomic E-state index is 13.6. The molecule has 0 saturated carbocycles. The van der Waals surface area contributed by atoms with Gasteiger partial charge in [0.25, 0.3) is 0 Å². The standard InChI is InChI=1S/C29H41N3O6S/c1-6-22(4)30-29(34)25(7-2)31(20-23-11-8-10-21(3)18-23)28(33)12-9-15-32(39(5,35)36)24-13-14-26-27(19-24)38-17-16-37-26/h8,10-11,13-14,18-19,22,25H,6-7,9,12,15-17,20H2,1-5H3,(H,30,34)/t22-,25-/m1/s1.